The van der Waals surface area contributed by atoms with Crippen molar-refractivity contribution in [3.05, 3.63) is 65.4 Å². The first-order chi connectivity index (χ1) is 8.77. The van der Waals surface area contributed by atoms with Crippen molar-refractivity contribution in [3.8, 4) is 0 Å². The minimum Gasteiger partial charge on any atom is -0.347 e. The van der Waals surface area contributed by atoms with Crippen LogP contribution in [0.4, 0.5) is 0 Å². The second-order valence-corrected chi connectivity index (χ2v) is 4.64. The fourth-order valence-electron chi connectivity index (χ4n) is 2.05. The van der Waals surface area contributed by atoms with Crippen molar-refractivity contribution in [2.45, 2.75) is 11.9 Å². The predicted molar refractivity (Wildman–Crippen MR) is 75.6 cm³/mol. The maximum absolute atomic E-state index is 6.06. The van der Waals surface area contributed by atoms with Crippen molar-refractivity contribution in [1.82, 2.24) is 5.01 Å². The van der Waals surface area contributed by atoms with Gasteiger partial charge in [-0.15, -0.1) is 12.6 Å². The maximum atomic E-state index is 6.06. The van der Waals surface area contributed by atoms with Crippen LogP contribution in [-0.2, 0) is 0 Å². The second-order valence-electron chi connectivity index (χ2n) is 4.18. The summed E-state index contributed by atoms with van der Waals surface area (Å²) in [6.45, 7) is 0. The van der Waals surface area contributed by atoms with Gasteiger partial charge in [-0.1, -0.05) is 36.5 Å². The Morgan fingerprint density at radius 1 is 1.22 bits per heavy atom. The maximum Gasteiger partial charge on any atom is 0.235 e. The summed E-state index contributed by atoms with van der Waals surface area (Å²) in [5.41, 5.74) is 6.40. The lowest BCUT2D eigenvalue weighted by atomic mass is 10.1. The summed E-state index contributed by atoms with van der Waals surface area (Å²) in [4.78, 5) is 0. The molecule has 0 radical (unpaired) electrons. The van der Waals surface area contributed by atoms with E-state index in [1.54, 1.807) is 5.01 Å². The summed E-state index contributed by atoms with van der Waals surface area (Å²) < 4.78 is 1.82. The van der Waals surface area contributed by atoms with Gasteiger partial charge in [-0.2, -0.15) is 10.1 Å². The molecule has 1 aliphatic heterocycles. The van der Waals surface area contributed by atoms with Gasteiger partial charge in [0.1, 0.15) is 0 Å². The van der Waals surface area contributed by atoms with Gasteiger partial charge in [0, 0.05) is 18.0 Å². The number of allylic oxidation sites excluding steroid dienone is 9. The van der Waals surface area contributed by atoms with Crippen LogP contribution in [-0.4, -0.2) is 20.9 Å². The van der Waals surface area contributed by atoms with E-state index >= 15 is 0 Å². The smallest absolute Gasteiger partial charge is 0.235 e. The van der Waals surface area contributed by atoms with Crippen molar-refractivity contribution in [2.75, 3.05) is 0 Å². The number of hydrogen-bond acceptors (Lipinski definition) is 3. The molecule has 0 amide bonds. The second kappa shape index (κ2) is 4.51. The highest BCUT2D eigenvalue weighted by Crippen LogP contribution is 2.31. The number of nitrogens with zero attached hydrogens (tertiary/aromatic N) is 3. The van der Waals surface area contributed by atoms with Crippen LogP contribution in [0, 0.1) is 0 Å². The summed E-state index contributed by atoms with van der Waals surface area (Å²) in [5.74, 6) is 6.83. The molecule has 0 aromatic heterocycles. The van der Waals surface area contributed by atoms with Crippen molar-refractivity contribution in [3.63, 3.8) is 0 Å². The van der Waals surface area contributed by atoms with Gasteiger partial charge in [-0.25, -0.2) is 0 Å². The lowest BCUT2D eigenvalue weighted by Gasteiger charge is -2.21. The van der Waals surface area contributed by atoms with E-state index in [-0.39, 0.29) is 5.50 Å². The zero-order valence-electron chi connectivity index (χ0n) is 9.77. The number of hydrogen-bond donors (Lipinski definition) is 2. The molecule has 0 bridgehead atoms. The quantitative estimate of drug-likeness (QED) is 0.396. The SMILES string of the molecule is NN1C(=C2C=CC=CC2)[N-][N+](=C2C=CC=C2)C1S. The van der Waals surface area contributed by atoms with Crippen molar-refractivity contribution < 1.29 is 4.68 Å². The number of rotatable bonds is 0. The van der Waals surface area contributed by atoms with Crippen LogP contribution in [0.15, 0.2) is 60.0 Å². The van der Waals surface area contributed by atoms with Gasteiger partial charge in [0.2, 0.25) is 11.2 Å². The number of nitrogens with two attached hydrogens (primary N) is 1. The van der Waals surface area contributed by atoms with Gasteiger partial charge in [-0.05, 0) is 12.0 Å². The predicted octanol–water partition coefficient (Wildman–Crippen LogP) is 1.99. The Balaban J connectivity index is 1.99. The highest BCUT2D eigenvalue weighted by Gasteiger charge is 2.29. The van der Waals surface area contributed by atoms with Crippen LogP contribution in [0.5, 0.6) is 0 Å². The number of hydrazine groups is 1. The average Bonchev–Trinajstić information content (AvgIpc) is 3.01. The fourth-order valence-corrected chi connectivity index (χ4v) is 2.34. The van der Waals surface area contributed by atoms with E-state index < -0.39 is 0 Å². The van der Waals surface area contributed by atoms with Crippen LogP contribution >= 0.6 is 12.6 Å². The molecule has 4 nitrogen and oxygen atoms in total. The van der Waals surface area contributed by atoms with E-state index in [2.05, 4.69) is 24.1 Å². The molecule has 18 heavy (non-hydrogen) atoms. The summed E-state index contributed by atoms with van der Waals surface area (Å²) in [6.07, 6.45) is 16.9. The third-order valence-electron chi connectivity index (χ3n) is 2.99. The molecule has 1 saturated heterocycles. The fraction of sp³-hybridized carbons (Fsp3) is 0.154. The van der Waals surface area contributed by atoms with Gasteiger partial charge in [0.15, 0.2) is 0 Å². The Labute approximate surface area is 112 Å². The average molecular weight is 258 g/mol. The van der Waals surface area contributed by atoms with E-state index in [9.17, 15) is 0 Å². The molecule has 3 aliphatic rings. The van der Waals surface area contributed by atoms with Crippen molar-refractivity contribution in [2.24, 2.45) is 5.84 Å². The molecule has 3 rings (SSSR count). The lowest BCUT2D eigenvalue weighted by molar-refractivity contribution is -0.487. The molecule has 0 aromatic rings. The van der Waals surface area contributed by atoms with Crippen molar-refractivity contribution >= 4 is 18.3 Å². The van der Waals surface area contributed by atoms with Crippen LogP contribution in [0.1, 0.15) is 6.42 Å². The Hall–Kier alpha value is -1.72. The zero-order valence-corrected chi connectivity index (χ0v) is 10.7. The van der Waals surface area contributed by atoms with Gasteiger partial charge in [0.05, 0.1) is 0 Å². The molecule has 1 fully saturated rings. The normalized spacial score (nSPS) is 29.7. The first-order valence-corrected chi connectivity index (χ1v) is 6.30. The Morgan fingerprint density at radius 3 is 2.61 bits per heavy atom. The van der Waals surface area contributed by atoms with Crippen LogP contribution < -0.4 is 5.84 Å². The van der Waals surface area contributed by atoms with Gasteiger partial charge in [-0.3, -0.25) is 0 Å². The third kappa shape index (κ3) is 1.81. The number of thiol groups is 1. The summed E-state index contributed by atoms with van der Waals surface area (Å²) >= 11 is 4.50. The molecular formula is C13H14N4S. The van der Waals surface area contributed by atoms with Crippen LogP contribution in [0.25, 0.3) is 5.43 Å². The first-order valence-electron chi connectivity index (χ1n) is 5.78. The van der Waals surface area contributed by atoms with E-state index in [0.717, 1.165) is 23.5 Å². The minimum absolute atomic E-state index is 0.269. The molecule has 2 N–H and O–H groups in total. The topological polar surface area (TPSA) is 46.4 Å². The van der Waals surface area contributed by atoms with E-state index in [1.807, 2.05) is 47.2 Å². The van der Waals surface area contributed by atoms with Gasteiger partial charge >= 0.3 is 0 Å². The van der Waals surface area contributed by atoms with Crippen LogP contribution in [0.3, 0.4) is 0 Å². The molecule has 0 aromatic carbocycles. The largest absolute Gasteiger partial charge is 0.347 e. The molecule has 0 saturated carbocycles. The molecule has 1 heterocycles. The highest BCUT2D eigenvalue weighted by atomic mass is 32.1. The van der Waals surface area contributed by atoms with E-state index in [1.165, 1.54) is 0 Å². The molecule has 5 heteroatoms. The van der Waals surface area contributed by atoms with Crippen molar-refractivity contribution in [1.29, 1.82) is 0 Å². The summed E-state index contributed by atoms with van der Waals surface area (Å²) in [5, 5.41) is 1.59. The molecule has 2 aliphatic carbocycles. The van der Waals surface area contributed by atoms with E-state index in [0.29, 0.717) is 0 Å². The Kier molecular flexibility index (Phi) is 2.85. The van der Waals surface area contributed by atoms with E-state index in [4.69, 9.17) is 5.84 Å². The first kappa shape index (κ1) is 11.4. The third-order valence-corrected chi connectivity index (χ3v) is 3.46. The standard InChI is InChI=1S/C13H14N4S/c14-16-12(10-6-2-1-3-7-10)15-17(13(16)18)11-8-4-5-9-11/h1-6,8-9,13,18H,7,14H2. The molecule has 1 unspecified atom stereocenters. The molecule has 0 spiro atoms. The van der Waals surface area contributed by atoms with Gasteiger partial charge in [0.25, 0.3) is 0 Å². The van der Waals surface area contributed by atoms with Gasteiger partial charge < -0.3 is 10.9 Å². The summed E-state index contributed by atoms with van der Waals surface area (Å²) in [6, 6.07) is 0. The highest BCUT2D eigenvalue weighted by molar-refractivity contribution is 7.80. The Morgan fingerprint density at radius 2 is 1.94 bits per heavy atom. The molecule has 92 valence electrons. The monoisotopic (exact) mass is 258 g/mol. The lowest BCUT2D eigenvalue weighted by Crippen LogP contribution is -2.36. The molecule has 1 atom stereocenters. The van der Waals surface area contributed by atoms with Crippen LogP contribution in [0.2, 0.25) is 0 Å². The molecular weight excluding hydrogens is 244 g/mol. The summed E-state index contributed by atoms with van der Waals surface area (Å²) in [7, 11) is 0. The Bertz CT molecular complexity index is 537. The minimum atomic E-state index is -0.269. The zero-order chi connectivity index (χ0) is 12.5.